The average molecular weight is 261 g/mol. The molecule has 1 heterocycles. The molecule has 2 N–H and O–H groups in total. The number of hydrogen-bond donors (Lipinski definition) is 1. The van der Waals surface area contributed by atoms with Crippen LogP contribution in [0, 0.1) is 5.92 Å². The summed E-state index contributed by atoms with van der Waals surface area (Å²) in [6.07, 6.45) is 4.86. The first-order valence-electron chi connectivity index (χ1n) is 7.39. The Labute approximate surface area is 115 Å². The van der Waals surface area contributed by atoms with Crippen LogP contribution in [0.4, 0.5) is 0 Å². The molecule has 1 aliphatic heterocycles. The molecule has 1 saturated carbocycles. The maximum Gasteiger partial charge on any atom is 0.127 e. The van der Waals surface area contributed by atoms with E-state index in [1.165, 1.54) is 11.1 Å². The maximum absolute atomic E-state index is 6.38. The number of nitrogens with two attached hydrogens (primary N) is 1. The Bertz CT molecular complexity index is 440. The van der Waals surface area contributed by atoms with Crippen LogP contribution in [0.15, 0.2) is 18.2 Å². The third-order valence-electron chi connectivity index (χ3n) is 4.33. The average Bonchev–Trinajstić information content (AvgIpc) is 2.84. The van der Waals surface area contributed by atoms with Gasteiger partial charge in [0.15, 0.2) is 0 Å². The van der Waals surface area contributed by atoms with Gasteiger partial charge in [0.2, 0.25) is 0 Å². The summed E-state index contributed by atoms with van der Waals surface area (Å²) in [5.74, 6) is 1.76. The molecule has 0 radical (unpaired) electrons. The van der Waals surface area contributed by atoms with E-state index in [-0.39, 0.29) is 6.04 Å². The monoisotopic (exact) mass is 261 g/mol. The van der Waals surface area contributed by atoms with Gasteiger partial charge in [-0.05, 0) is 37.7 Å². The summed E-state index contributed by atoms with van der Waals surface area (Å²) < 4.78 is 11.3. The molecule has 0 aromatic heterocycles. The molecule has 3 nitrogen and oxygen atoms in total. The second kappa shape index (κ2) is 5.51. The van der Waals surface area contributed by atoms with Crippen LogP contribution < -0.4 is 10.5 Å². The van der Waals surface area contributed by atoms with Crippen molar-refractivity contribution in [1.29, 1.82) is 0 Å². The Morgan fingerprint density at radius 1 is 1.42 bits per heavy atom. The van der Waals surface area contributed by atoms with Crippen molar-refractivity contribution in [3.8, 4) is 5.75 Å². The molecule has 0 amide bonds. The van der Waals surface area contributed by atoms with E-state index in [2.05, 4.69) is 25.1 Å². The molecular formula is C16H23NO2. The number of rotatable bonds is 5. The topological polar surface area (TPSA) is 44.5 Å². The molecule has 3 heteroatoms. The Kier molecular flexibility index (Phi) is 3.76. The van der Waals surface area contributed by atoms with E-state index >= 15 is 0 Å². The van der Waals surface area contributed by atoms with Gasteiger partial charge in [-0.2, -0.15) is 0 Å². The van der Waals surface area contributed by atoms with Crippen molar-refractivity contribution in [2.45, 2.75) is 44.8 Å². The Morgan fingerprint density at radius 3 is 3.05 bits per heavy atom. The zero-order valence-electron chi connectivity index (χ0n) is 11.6. The number of benzene rings is 1. The maximum atomic E-state index is 6.38. The zero-order valence-corrected chi connectivity index (χ0v) is 11.6. The third-order valence-corrected chi connectivity index (χ3v) is 4.33. The highest BCUT2D eigenvalue weighted by atomic mass is 16.5. The number of fused-ring (bicyclic) bond motifs is 1. The van der Waals surface area contributed by atoms with Crippen LogP contribution in [0.5, 0.6) is 5.75 Å². The lowest BCUT2D eigenvalue weighted by atomic mass is 9.77. The standard InChI is InChI=1S/C16H23NO2/c1-2-18-13-8-11(9-13)10-15(17)14-5-3-4-12-6-7-19-16(12)14/h3-5,11,13,15H,2,6-10,17H2,1H3. The fourth-order valence-corrected chi connectivity index (χ4v) is 3.26. The highest BCUT2D eigenvalue weighted by Gasteiger charge is 2.32. The Hall–Kier alpha value is -1.06. The van der Waals surface area contributed by atoms with Gasteiger partial charge < -0.3 is 15.2 Å². The van der Waals surface area contributed by atoms with Crippen LogP contribution in [-0.2, 0) is 11.2 Å². The minimum Gasteiger partial charge on any atom is -0.493 e. The van der Waals surface area contributed by atoms with E-state index in [4.69, 9.17) is 15.2 Å². The van der Waals surface area contributed by atoms with Crippen LogP contribution in [0.1, 0.15) is 43.4 Å². The van der Waals surface area contributed by atoms with E-state index in [9.17, 15) is 0 Å². The molecule has 19 heavy (non-hydrogen) atoms. The van der Waals surface area contributed by atoms with Crippen molar-refractivity contribution in [3.05, 3.63) is 29.3 Å². The summed E-state index contributed by atoms with van der Waals surface area (Å²) in [6, 6.07) is 6.47. The van der Waals surface area contributed by atoms with E-state index < -0.39 is 0 Å². The normalized spacial score (nSPS) is 26.4. The van der Waals surface area contributed by atoms with E-state index in [1.807, 2.05) is 0 Å². The molecule has 104 valence electrons. The first-order valence-corrected chi connectivity index (χ1v) is 7.39. The van der Waals surface area contributed by atoms with Gasteiger partial charge in [-0.25, -0.2) is 0 Å². The van der Waals surface area contributed by atoms with Crippen molar-refractivity contribution in [1.82, 2.24) is 0 Å². The van der Waals surface area contributed by atoms with Gasteiger partial charge in [0, 0.05) is 24.6 Å². The van der Waals surface area contributed by atoms with E-state index in [1.54, 1.807) is 0 Å². The summed E-state index contributed by atoms with van der Waals surface area (Å²) in [6.45, 7) is 3.68. The molecule has 1 atom stereocenters. The molecular weight excluding hydrogens is 238 g/mol. The third kappa shape index (κ3) is 2.63. The van der Waals surface area contributed by atoms with Crippen LogP contribution >= 0.6 is 0 Å². The molecule has 3 rings (SSSR count). The first-order chi connectivity index (χ1) is 9.28. The SMILES string of the molecule is CCOC1CC(CC(N)c2cccc3c2OCC3)C1. The van der Waals surface area contributed by atoms with Crippen molar-refractivity contribution in [3.63, 3.8) is 0 Å². The smallest absolute Gasteiger partial charge is 0.127 e. The summed E-state index contributed by atoms with van der Waals surface area (Å²) >= 11 is 0. The predicted molar refractivity (Wildman–Crippen MR) is 75.3 cm³/mol. The van der Waals surface area contributed by atoms with Gasteiger partial charge in [0.05, 0.1) is 12.7 Å². The summed E-state index contributed by atoms with van der Waals surface area (Å²) in [4.78, 5) is 0. The van der Waals surface area contributed by atoms with Gasteiger partial charge in [0.1, 0.15) is 5.75 Å². The fraction of sp³-hybridized carbons (Fsp3) is 0.625. The summed E-state index contributed by atoms with van der Waals surface area (Å²) in [5, 5.41) is 0. The van der Waals surface area contributed by atoms with Crippen molar-refractivity contribution in [2.75, 3.05) is 13.2 Å². The van der Waals surface area contributed by atoms with Crippen molar-refractivity contribution >= 4 is 0 Å². The quantitative estimate of drug-likeness (QED) is 0.886. The molecule has 1 unspecified atom stereocenters. The van der Waals surface area contributed by atoms with Crippen LogP contribution in [0.3, 0.4) is 0 Å². The number of para-hydroxylation sites is 1. The first kappa shape index (κ1) is 12.9. The summed E-state index contributed by atoms with van der Waals surface area (Å²) in [7, 11) is 0. The summed E-state index contributed by atoms with van der Waals surface area (Å²) in [5.41, 5.74) is 8.88. The van der Waals surface area contributed by atoms with E-state index in [0.717, 1.165) is 44.6 Å². The highest BCUT2D eigenvalue weighted by Crippen LogP contribution is 2.39. The second-order valence-electron chi connectivity index (χ2n) is 5.69. The van der Waals surface area contributed by atoms with Gasteiger partial charge >= 0.3 is 0 Å². The lowest BCUT2D eigenvalue weighted by Crippen LogP contribution is -2.33. The zero-order chi connectivity index (χ0) is 13.2. The Morgan fingerprint density at radius 2 is 2.26 bits per heavy atom. The number of ether oxygens (including phenoxy) is 2. The molecule has 1 fully saturated rings. The van der Waals surface area contributed by atoms with Gasteiger partial charge in [-0.15, -0.1) is 0 Å². The van der Waals surface area contributed by atoms with Crippen molar-refractivity contribution < 1.29 is 9.47 Å². The molecule has 1 aliphatic carbocycles. The molecule has 1 aromatic rings. The molecule has 2 aliphatic rings. The van der Waals surface area contributed by atoms with Crippen LogP contribution in [0.25, 0.3) is 0 Å². The largest absolute Gasteiger partial charge is 0.493 e. The fourth-order valence-electron chi connectivity index (χ4n) is 3.26. The predicted octanol–water partition coefficient (Wildman–Crippen LogP) is 2.83. The molecule has 0 saturated heterocycles. The molecule has 0 spiro atoms. The second-order valence-corrected chi connectivity index (χ2v) is 5.69. The van der Waals surface area contributed by atoms with Gasteiger partial charge in [-0.1, -0.05) is 18.2 Å². The van der Waals surface area contributed by atoms with E-state index in [0.29, 0.717) is 12.0 Å². The highest BCUT2D eigenvalue weighted by molar-refractivity contribution is 5.45. The van der Waals surface area contributed by atoms with Crippen LogP contribution in [-0.4, -0.2) is 19.3 Å². The minimum absolute atomic E-state index is 0.0978. The minimum atomic E-state index is 0.0978. The lowest BCUT2D eigenvalue weighted by Gasteiger charge is -2.36. The van der Waals surface area contributed by atoms with Gasteiger partial charge in [-0.3, -0.25) is 0 Å². The molecule has 0 bridgehead atoms. The Balaban J connectivity index is 1.60. The lowest BCUT2D eigenvalue weighted by molar-refractivity contribution is -0.0282. The van der Waals surface area contributed by atoms with Crippen molar-refractivity contribution in [2.24, 2.45) is 11.7 Å². The van der Waals surface area contributed by atoms with Crippen LogP contribution in [0.2, 0.25) is 0 Å². The molecule has 1 aromatic carbocycles. The van der Waals surface area contributed by atoms with Gasteiger partial charge in [0.25, 0.3) is 0 Å². The number of hydrogen-bond acceptors (Lipinski definition) is 3.